The van der Waals surface area contributed by atoms with Gasteiger partial charge in [0, 0.05) is 39.7 Å². The molecule has 2 nitrogen and oxygen atoms in total. The number of rotatable bonds is 12. The van der Waals surface area contributed by atoms with Crippen molar-refractivity contribution in [3.63, 3.8) is 0 Å². The van der Waals surface area contributed by atoms with E-state index in [9.17, 15) is 0 Å². The summed E-state index contributed by atoms with van der Waals surface area (Å²) in [6, 6.07) is 69.5. The molecule has 0 saturated carbocycles. The maximum absolute atomic E-state index is 4.37. The SMILES string of the molecule is CCc1cccc(CC)c1NC1=C(Nc2c(C(c3ccccc3)c3ccccc3)cc(C(C)(C)C)cc2C(c2ccccc2)c2ccccc2)c2cccc3cccc1c23. The summed E-state index contributed by atoms with van der Waals surface area (Å²) in [6.07, 6.45) is 1.88. The first-order valence-electron chi connectivity index (χ1n) is 21.6. The minimum absolute atomic E-state index is 0.0489. The summed E-state index contributed by atoms with van der Waals surface area (Å²) in [4.78, 5) is 0. The summed E-state index contributed by atoms with van der Waals surface area (Å²) in [6.45, 7) is 11.6. The van der Waals surface area contributed by atoms with Gasteiger partial charge in [-0.2, -0.15) is 0 Å². The Balaban J connectivity index is 1.40. The third-order valence-electron chi connectivity index (χ3n) is 12.4. The first-order valence-corrected chi connectivity index (χ1v) is 21.6. The summed E-state index contributed by atoms with van der Waals surface area (Å²) in [7, 11) is 0. The highest BCUT2D eigenvalue weighted by Crippen LogP contribution is 2.49. The van der Waals surface area contributed by atoms with Crippen molar-refractivity contribution in [2.75, 3.05) is 10.6 Å². The van der Waals surface area contributed by atoms with Crippen molar-refractivity contribution in [2.24, 2.45) is 0 Å². The molecular weight excluding hydrogens is 725 g/mol. The number of benzene rings is 8. The minimum Gasteiger partial charge on any atom is -0.353 e. The molecule has 0 spiro atoms. The quantitative estimate of drug-likeness (QED) is 0.121. The zero-order valence-electron chi connectivity index (χ0n) is 35.5. The average molecular weight is 779 g/mol. The van der Waals surface area contributed by atoms with Gasteiger partial charge in [0.1, 0.15) is 0 Å². The second kappa shape index (κ2) is 16.5. The van der Waals surface area contributed by atoms with E-state index in [1.54, 1.807) is 0 Å². The molecule has 0 bridgehead atoms. The molecule has 9 rings (SSSR count). The van der Waals surface area contributed by atoms with E-state index in [0.29, 0.717) is 0 Å². The van der Waals surface area contributed by atoms with Crippen LogP contribution in [-0.2, 0) is 18.3 Å². The Hall–Kier alpha value is -6.64. The van der Waals surface area contributed by atoms with E-state index in [-0.39, 0.29) is 17.3 Å². The Morgan fingerprint density at radius 2 is 0.783 bits per heavy atom. The van der Waals surface area contributed by atoms with Gasteiger partial charge in [0.15, 0.2) is 0 Å². The van der Waals surface area contributed by atoms with E-state index >= 15 is 0 Å². The predicted octanol–water partition coefficient (Wildman–Crippen LogP) is 15.0. The van der Waals surface area contributed by atoms with Crippen LogP contribution >= 0.6 is 0 Å². The summed E-state index contributed by atoms with van der Waals surface area (Å²) < 4.78 is 0. The molecule has 0 fully saturated rings. The first-order chi connectivity index (χ1) is 29.3. The number of nitrogens with one attached hydrogen (secondary N) is 2. The van der Waals surface area contributed by atoms with E-state index in [2.05, 4.69) is 233 Å². The molecule has 60 heavy (non-hydrogen) atoms. The van der Waals surface area contributed by atoms with Gasteiger partial charge in [-0.1, -0.05) is 223 Å². The van der Waals surface area contributed by atoms with E-state index in [1.165, 1.54) is 77.7 Å². The van der Waals surface area contributed by atoms with Crippen LogP contribution in [0.25, 0.3) is 22.2 Å². The van der Waals surface area contributed by atoms with Gasteiger partial charge in [-0.15, -0.1) is 0 Å². The van der Waals surface area contributed by atoms with Gasteiger partial charge in [0.05, 0.1) is 11.4 Å². The van der Waals surface area contributed by atoms with Crippen molar-refractivity contribution in [2.45, 2.75) is 64.7 Å². The van der Waals surface area contributed by atoms with E-state index in [4.69, 9.17) is 0 Å². The molecule has 0 heterocycles. The Kier molecular flexibility index (Phi) is 10.7. The van der Waals surface area contributed by atoms with Crippen molar-refractivity contribution in [3.8, 4) is 0 Å². The molecule has 0 saturated heterocycles. The van der Waals surface area contributed by atoms with Crippen LogP contribution in [0.2, 0.25) is 0 Å². The molecule has 2 N–H and O–H groups in total. The zero-order chi connectivity index (χ0) is 41.2. The largest absolute Gasteiger partial charge is 0.353 e. The fraction of sp³-hybridized carbons (Fsp3) is 0.172. The smallest absolute Gasteiger partial charge is 0.0710 e. The molecule has 0 unspecified atom stereocenters. The van der Waals surface area contributed by atoms with E-state index < -0.39 is 0 Å². The standard InChI is InChI=1S/C58H54N2/c1-6-39-31-20-32-40(7-2)54(39)59-56-47-35-21-33-45-34-22-36-48(53(45)47)57(56)60-55-49(51(41-23-12-8-13-24-41)42-25-14-9-15-26-42)37-46(58(3,4)5)38-50(55)52(43-27-16-10-17-28-43)44-29-18-11-19-30-44/h8-38,51-52,59-60H,6-7H2,1-5H3. The summed E-state index contributed by atoms with van der Waals surface area (Å²) in [5, 5.41) is 11.0. The predicted molar refractivity (Wildman–Crippen MR) is 256 cm³/mol. The van der Waals surface area contributed by atoms with Crippen LogP contribution in [0.1, 0.15) is 108 Å². The third kappa shape index (κ3) is 7.32. The van der Waals surface area contributed by atoms with Gasteiger partial charge in [0.2, 0.25) is 0 Å². The molecule has 2 heteroatoms. The maximum Gasteiger partial charge on any atom is 0.0710 e. The van der Waals surface area contributed by atoms with Gasteiger partial charge in [-0.25, -0.2) is 0 Å². The van der Waals surface area contributed by atoms with Gasteiger partial charge in [-0.3, -0.25) is 0 Å². The molecule has 0 radical (unpaired) electrons. The maximum atomic E-state index is 4.37. The molecule has 0 aliphatic heterocycles. The van der Waals surface area contributed by atoms with Crippen LogP contribution in [0.15, 0.2) is 188 Å². The second-order valence-corrected chi connectivity index (χ2v) is 17.2. The molecule has 296 valence electrons. The first kappa shape index (κ1) is 38.9. The highest BCUT2D eigenvalue weighted by molar-refractivity contribution is 6.18. The zero-order valence-corrected chi connectivity index (χ0v) is 35.5. The van der Waals surface area contributed by atoms with Crippen molar-refractivity contribution in [1.29, 1.82) is 0 Å². The summed E-state index contributed by atoms with van der Waals surface area (Å²) in [5.74, 6) is -0.0977. The Bertz CT molecular complexity index is 2590. The molecule has 1 aliphatic rings. The van der Waals surface area contributed by atoms with Crippen molar-refractivity contribution in [3.05, 3.63) is 249 Å². The fourth-order valence-corrected chi connectivity index (χ4v) is 9.35. The van der Waals surface area contributed by atoms with Gasteiger partial charge >= 0.3 is 0 Å². The lowest BCUT2D eigenvalue weighted by Gasteiger charge is -2.32. The van der Waals surface area contributed by atoms with Gasteiger partial charge in [-0.05, 0) is 73.7 Å². The summed E-state index contributed by atoms with van der Waals surface area (Å²) >= 11 is 0. The van der Waals surface area contributed by atoms with Crippen LogP contribution in [0.5, 0.6) is 0 Å². The van der Waals surface area contributed by atoms with Crippen LogP contribution in [0.4, 0.5) is 11.4 Å². The van der Waals surface area contributed by atoms with Crippen LogP contribution in [0, 0.1) is 0 Å². The molecule has 0 atom stereocenters. The number of para-hydroxylation sites is 1. The molecule has 0 amide bonds. The monoisotopic (exact) mass is 778 g/mol. The molecule has 8 aromatic rings. The number of hydrogen-bond acceptors (Lipinski definition) is 2. The van der Waals surface area contributed by atoms with Crippen LogP contribution < -0.4 is 10.6 Å². The summed E-state index contributed by atoms with van der Waals surface area (Å²) in [5.41, 5.74) is 18.3. The topological polar surface area (TPSA) is 24.1 Å². The number of hydrogen-bond donors (Lipinski definition) is 2. The van der Waals surface area contributed by atoms with Crippen molar-refractivity contribution >= 4 is 33.5 Å². The van der Waals surface area contributed by atoms with Gasteiger partial charge < -0.3 is 10.6 Å². The number of aryl methyl sites for hydroxylation is 2. The lowest BCUT2D eigenvalue weighted by atomic mass is 9.75. The molecular formula is C58H54N2. The highest BCUT2D eigenvalue weighted by Gasteiger charge is 2.33. The molecule has 8 aromatic carbocycles. The van der Waals surface area contributed by atoms with Crippen LogP contribution in [0.3, 0.4) is 0 Å². The van der Waals surface area contributed by atoms with E-state index in [0.717, 1.165) is 29.9 Å². The normalized spacial score (nSPS) is 12.4. The third-order valence-corrected chi connectivity index (χ3v) is 12.4. The highest BCUT2D eigenvalue weighted by atomic mass is 15.0. The Morgan fingerprint density at radius 1 is 0.417 bits per heavy atom. The Morgan fingerprint density at radius 3 is 1.15 bits per heavy atom. The van der Waals surface area contributed by atoms with Crippen molar-refractivity contribution in [1.82, 2.24) is 0 Å². The van der Waals surface area contributed by atoms with Gasteiger partial charge in [0.25, 0.3) is 0 Å². The second-order valence-electron chi connectivity index (χ2n) is 17.2. The van der Waals surface area contributed by atoms with Crippen molar-refractivity contribution < 1.29 is 0 Å². The number of anilines is 2. The minimum atomic E-state index is -0.126. The van der Waals surface area contributed by atoms with E-state index in [1.807, 2.05) is 0 Å². The average Bonchev–Trinajstić information content (AvgIpc) is 3.58. The lowest BCUT2D eigenvalue weighted by Crippen LogP contribution is -2.19. The Labute approximate surface area is 356 Å². The molecule has 1 aliphatic carbocycles. The van der Waals surface area contributed by atoms with Crippen LogP contribution in [-0.4, -0.2) is 0 Å². The lowest BCUT2D eigenvalue weighted by molar-refractivity contribution is 0.588. The fourth-order valence-electron chi connectivity index (χ4n) is 9.35. The molecule has 0 aromatic heterocycles.